The van der Waals surface area contributed by atoms with Crippen molar-refractivity contribution in [2.75, 3.05) is 18.4 Å². The lowest BCUT2D eigenvalue weighted by atomic mass is 10.2. The topological polar surface area (TPSA) is 61.8 Å². The number of aliphatic imine (C=N–C) groups is 1. The lowest BCUT2D eigenvalue weighted by Crippen LogP contribution is -2.27. The fourth-order valence-corrected chi connectivity index (χ4v) is 3.60. The van der Waals surface area contributed by atoms with Gasteiger partial charge in [0, 0.05) is 28.8 Å². The minimum absolute atomic E-state index is 0.143. The highest BCUT2D eigenvalue weighted by atomic mass is 127. The van der Waals surface area contributed by atoms with Crippen LogP contribution in [0.5, 0.6) is 0 Å². The average Bonchev–Trinajstić information content (AvgIpc) is 2.84. The largest absolute Gasteiger partial charge is 0.352 e. The van der Waals surface area contributed by atoms with Crippen molar-refractivity contribution in [3.05, 3.63) is 27.8 Å². The van der Waals surface area contributed by atoms with E-state index in [0.29, 0.717) is 0 Å². The van der Waals surface area contributed by atoms with Crippen LogP contribution in [0.25, 0.3) is 0 Å². The molecule has 0 saturated heterocycles. The van der Waals surface area contributed by atoms with Gasteiger partial charge in [-0.1, -0.05) is 11.8 Å². The number of benzene rings is 1. The fourth-order valence-electron chi connectivity index (χ4n) is 2.05. The van der Waals surface area contributed by atoms with Crippen LogP contribution in [0.4, 0.5) is 5.69 Å². The van der Waals surface area contributed by atoms with Gasteiger partial charge in [0.2, 0.25) is 5.91 Å². The van der Waals surface area contributed by atoms with Crippen molar-refractivity contribution < 1.29 is 9.59 Å². The number of hydrogen-bond acceptors (Lipinski definition) is 4. The summed E-state index contributed by atoms with van der Waals surface area (Å²) in [6.45, 7) is 5.65. The minimum Gasteiger partial charge on any atom is -0.352 e. The molecule has 0 saturated carbocycles. The van der Waals surface area contributed by atoms with Crippen molar-refractivity contribution in [1.29, 1.82) is 0 Å². The molecule has 2 rings (SSSR count). The third kappa shape index (κ3) is 4.45. The highest BCUT2D eigenvalue weighted by Crippen LogP contribution is 2.27. The summed E-state index contributed by atoms with van der Waals surface area (Å²) in [6, 6.07) is 7.54. The lowest BCUT2D eigenvalue weighted by Gasteiger charge is -2.19. The van der Waals surface area contributed by atoms with Crippen LogP contribution in [-0.2, 0) is 9.59 Å². The number of amides is 2. The molecular weight excluding hydrogens is 413 g/mol. The van der Waals surface area contributed by atoms with Gasteiger partial charge in [0.05, 0.1) is 0 Å². The number of carbonyl (C=O) groups excluding carboxylic acids is 2. The Kier molecular flexibility index (Phi) is 6.25. The molecule has 1 aromatic rings. The van der Waals surface area contributed by atoms with E-state index in [1.807, 2.05) is 43.0 Å². The number of hydrogen-bond donors (Lipinski definition) is 1. The van der Waals surface area contributed by atoms with Gasteiger partial charge in [-0.2, -0.15) is 4.99 Å². The predicted octanol–water partition coefficient (Wildman–Crippen LogP) is 2.96. The molecule has 0 aromatic heterocycles. The van der Waals surface area contributed by atoms with Crippen LogP contribution < -0.4 is 5.32 Å². The molecule has 1 aromatic carbocycles. The summed E-state index contributed by atoms with van der Waals surface area (Å²) < 4.78 is 1.11. The lowest BCUT2D eigenvalue weighted by molar-refractivity contribution is -0.121. The normalized spacial score (nSPS) is 17.3. The summed E-state index contributed by atoms with van der Waals surface area (Å²) in [7, 11) is 0. The minimum atomic E-state index is -0.417. The Balaban J connectivity index is 1.90. The highest BCUT2D eigenvalue weighted by Gasteiger charge is 2.32. The Hall–Kier alpha value is -1.09. The zero-order valence-electron chi connectivity index (χ0n) is 12.5. The Morgan fingerprint density at radius 1 is 1.32 bits per heavy atom. The first kappa shape index (κ1) is 17.3. The van der Waals surface area contributed by atoms with Gasteiger partial charge in [-0.3, -0.25) is 9.59 Å². The van der Waals surface area contributed by atoms with Crippen LogP contribution in [0, 0.1) is 3.57 Å². The molecule has 0 radical (unpaired) electrons. The molecule has 0 fully saturated rings. The van der Waals surface area contributed by atoms with E-state index in [-0.39, 0.29) is 18.2 Å². The first-order valence-corrected chi connectivity index (χ1v) is 9.08. The van der Waals surface area contributed by atoms with Gasteiger partial charge in [0.25, 0.3) is 5.91 Å². The van der Waals surface area contributed by atoms with E-state index in [4.69, 9.17) is 0 Å². The van der Waals surface area contributed by atoms with Gasteiger partial charge in [-0.05, 0) is 60.7 Å². The van der Waals surface area contributed by atoms with Crippen LogP contribution in [-0.4, -0.2) is 40.2 Å². The van der Waals surface area contributed by atoms with Crippen molar-refractivity contribution in [3.8, 4) is 0 Å². The molecule has 22 heavy (non-hydrogen) atoms. The van der Waals surface area contributed by atoms with Gasteiger partial charge < -0.3 is 10.2 Å². The van der Waals surface area contributed by atoms with Crippen molar-refractivity contribution in [3.63, 3.8) is 0 Å². The van der Waals surface area contributed by atoms with Gasteiger partial charge in [0.15, 0.2) is 5.17 Å². The quantitative estimate of drug-likeness (QED) is 0.729. The van der Waals surface area contributed by atoms with E-state index in [0.717, 1.165) is 27.5 Å². The molecule has 1 N–H and O–H groups in total. The zero-order chi connectivity index (χ0) is 16.1. The summed E-state index contributed by atoms with van der Waals surface area (Å²) in [6.07, 6.45) is 0.143. The van der Waals surface area contributed by atoms with Gasteiger partial charge in [-0.25, -0.2) is 0 Å². The van der Waals surface area contributed by atoms with Crippen LogP contribution in [0.1, 0.15) is 20.3 Å². The fraction of sp³-hybridized carbons (Fsp3) is 0.400. The first-order valence-electron chi connectivity index (χ1n) is 7.13. The SMILES string of the molecule is CCN(CC)C1=NC(=O)[C@@H](CC(=O)Nc2ccc(I)cc2)S1. The summed E-state index contributed by atoms with van der Waals surface area (Å²) in [4.78, 5) is 30.1. The number of thioether (sulfide) groups is 1. The van der Waals surface area contributed by atoms with E-state index in [2.05, 4.69) is 32.9 Å². The number of carbonyl (C=O) groups is 2. The molecule has 5 nitrogen and oxygen atoms in total. The summed E-state index contributed by atoms with van der Waals surface area (Å²) >= 11 is 3.59. The van der Waals surface area contributed by atoms with E-state index in [1.54, 1.807) is 0 Å². The summed E-state index contributed by atoms with van der Waals surface area (Å²) in [5.41, 5.74) is 0.741. The van der Waals surface area contributed by atoms with Crippen molar-refractivity contribution in [2.45, 2.75) is 25.5 Å². The molecule has 1 heterocycles. The average molecular weight is 431 g/mol. The second-order valence-corrected chi connectivity index (χ2v) is 7.19. The molecule has 7 heteroatoms. The Bertz CT molecular complexity index is 585. The molecule has 0 aliphatic carbocycles. The zero-order valence-corrected chi connectivity index (χ0v) is 15.5. The number of nitrogens with zero attached hydrogens (tertiary/aromatic N) is 2. The van der Waals surface area contributed by atoms with Crippen molar-refractivity contribution >= 4 is 57.0 Å². The third-order valence-electron chi connectivity index (χ3n) is 3.26. The molecular formula is C15H18IN3O2S. The Morgan fingerprint density at radius 2 is 1.95 bits per heavy atom. The van der Waals surface area contributed by atoms with Crippen LogP contribution in [0.2, 0.25) is 0 Å². The molecule has 118 valence electrons. The maximum Gasteiger partial charge on any atom is 0.262 e. The molecule has 1 aliphatic rings. The van der Waals surface area contributed by atoms with Crippen molar-refractivity contribution in [2.24, 2.45) is 4.99 Å². The second-order valence-electron chi connectivity index (χ2n) is 4.77. The summed E-state index contributed by atoms with van der Waals surface area (Å²) in [5, 5.41) is 3.12. The van der Waals surface area contributed by atoms with Gasteiger partial charge >= 0.3 is 0 Å². The van der Waals surface area contributed by atoms with E-state index < -0.39 is 5.25 Å². The molecule has 0 spiro atoms. The maximum absolute atomic E-state index is 12.1. The monoisotopic (exact) mass is 431 g/mol. The third-order valence-corrected chi connectivity index (χ3v) is 5.19. The Morgan fingerprint density at radius 3 is 2.55 bits per heavy atom. The van der Waals surface area contributed by atoms with Crippen LogP contribution in [0.15, 0.2) is 29.3 Å². The van der Waals surface area contributed by atoms with Crippen LogP contribution >= 0.6 is 34.4 Å². The first-order chi connectivity index (χ1) is 10.5. The Labute approximate surface area is 148 Å². The molecule has 0 bridgehead atoms. The van der Waals surface area contributed by atoms with Crippen molar-refractivity contribution in [1.82, 2.24) is 4.90 Å². The number of anilines is 1. The molecule has 2 amide bonds. The molecule has 1 aliphatic heterocycles. The number of nitrogens with one attached hydrogen (secondary N) is 1. The molecule has 0 unspecified atom stereocenters. The predicted molar refractivity (Wildman–Crippen MR) is 99.1 cm³/mol. The smallest absolute Gasteiger partial charge is 0.262 e. The maximum atomic E-state index is 12.1. The number of rotatable bonds is 5. The standard InChI is InChI=1S/C15H18IN3O2S/c1-3-19(4-2)15-18-14(21)12(22-15)9-13(20)17-11-7-5-10(16)6-8-11/h5-8,12H,3-4,9H2,1-2H3,(H,17,20)/t12-/m1/s1. The summed E-state index contributed by atoms with van der Waals surface area (Å²) in [5.74, 6) is -0.382. The van der Waals surface area contributed by atoms with E-state index in [9.17, 15) is 9.59 Å². The molecule has 1 atom stereocenters. The van der Waals surface area contributed by atoms with E-state index >= 15 is 0 Å². The van der Waals surface area contributed by atoms with Crippen LogP contribution in [0.3, 0.4) is 0 Å². The number of amidine groups is 1. The number of halogens is 1. The highest BCUT2D eigenvalue weighted by molar-refractivity contribution is 14.1. The van der Waals surface area contributed by atoms with E-state index in [1.165, 1.54) is 11.8 Å². The second kappa shape index (κ2) is 7.96. The van der Waals surface area contributed by atoms with Gasteiger partial charge in [0.1, 0.15) is 5.25 Å². The van der Waals surface area contributed by atoms with Gasteiger partial charge in [-0.15, -0.1) is 0 Å².